The monoisotopic (exact) mass is 300 g/mol. The Bertz CT molecular complexity index is 466. The van der Waals surface area contributed by atoms with E-state index in [1.807, 2.05) is 0 Å². The molecule has 0 aliphatic carbocycles. The lowest BCUT2D eigenvalue weighted by molar-refractivity contribution is 0.0478. The summed E-state index contributed by atoms with van der Waals surface area (Å²) in [6, 6.07) is 0. The predicted molar refractivity (Wildman–Crippen MR) is 78.0 cm³/mol. The molecule has 0 bridgehead atoms. The first-order valence-electron chi connectivity index (χ1n) is 6.58. The summed E-state index contributed by atoms with van der Waals surface area (Å²) in [7, 11) is 1.62. The molecule has 0 aromatic carbocycles. The van der Waals surface area contributed by atoms with Crippen LogP contribution in [0.15, 0.2) is 0 Å². The van der Waals surface area contributed by atoms with Crippen LogP contribution < -0.4 is 11.1 Å². The van der Waals surface area contributed by atoms with Crippen molar-refractivity contribution in [1.82, 2.24) is 9.88 Å². The molecule has 1 atom stereocenters. The second-order valence-electron chi connectivity index (χ2n) is 4.70. The summed E-state index contributed by atoms with van der Waals surface area (Å²) in [5.41, 5.74) is 5.81. The van der Waals surface area contributed by atoms with Gasteiger partial charge in [-0.15, -0.1) is 0 Å². The predicted octanol–water partition coefficient (Wildman–Crippen LogP) is 0.381. The number of aliphatic hydroxyl groups excluding tert-OH is 1. The fourth-order valence-electron chi connectivity index (χ4n) is 2.10. The van der Waals surface area contributed by atoms with Gasteiger partial charge in [0.15, 0.2) is 5.13 Å². The fourth-order valence-corrected chi connectivity index (χ4v) is 2.98. The summed E-state index contributed by atoms with van der Waals surface area (Å²) in [5.74, 6) is 0.0820. The number of hydrogen-bond acceptors (Lipinski definition) is 7. The normalized spacial score (nSPS) is 19.1. The highest BCUT2D eigenvalue weighted by molar-refractivity contribution is 7.18. The number of thiazole rings is 1. The van der Waals surface area contributed by atoms with Crippen molar-refractivity contribution in [2.75, 3.05) is 44.4 Å². The molecule has 1 fully saturated rings. The van der Waals surface area contributed by atoms with Crippen LogP contribution in [0, 0.1) is 0 Å². The summed E-state index contributed by atoms with van der Waals surface area (Å²) >= 11 is 1.24. The highest BCUT2D eigenvalue weighted by atomic mass is 32.1. The average molecular weight is 300 g/mol. The molecule has 2 heterocycles. The zero-order valence-corrected chi connectivity index (χ0v) is 12.3. The van der Waals surface area contributed by atoms with Crippen molar-refractivity contribution < 1.29 is 14.6 Å². The number of aromatic nitrogens is 1. The number of methoxy groups -OCH3 is 1. The standard InChI is InChI=1S/C12H20N4O3S/c1-19-6-4-14-12-15-10(13)9(20-12)11(18)16-5-2-3-8(17)7-16/h8,17H,2-7,13H2,1H3,(H,14,15). The van der Waals surface area contributed by atoms with Gasteiger partial charge in [-0.1, -0.05) is 11.3 Å². The summed E-state index contributed by atoms with van der Waals surface area (Å²) in [6.07, 6.45) is 1.11. The number of nitrogens with two attached hydrogens (primary N) is 1. The van der Waals surface area contributed by atoms with Gasteiger partial charge in [-0.3, -0.25) is 4.79 Å². The van der Waals surface area contributed by atoms with Crippen LogP contribution in [-0.4, -0.2) is 60.4 Å². The van der Waals surface area contributed by atoms with Crippen molar-refractivity contribution in [1.29, 1.82) is 0 Å². The minimum atomic E-state index is -0.443. The number of ether oxygens (including phenoxy) is 1. The Morgan fingerprint density at radius 1 is 1.70 bits per heavy atom. The van der Waals surface area contributed by atoms with Gasteiger partial charge in [0.05, 0.1) is 12.7 Å². The number of likely N-dealkylation sites (tertiary alicyclic amines) is 1. The lowest BCUT2D eigenvalue weighted by Crippen LogP contribution is -2.42. The number of nitrogens with zero attached hydrogens (tertiary/aromatic N) is 2. The van der Waals surface area contributed by atoms with E-state index in [0.717, 1.165) is 12.8 Å². The Labute approximate surface area is 121 Å². The van der Waals surface area contributed by atoms with Gasteiger partial charge in [0, 0.05) is 26.7 Å². The van der Waals surface area contributed by atoms with Crippen molar-refractivity contribution in [3.8, 4) is 0 Å². The van der Waals surface area contributed by atoms with Gasteiger partial charge in [0.2, 0.25) is 0 Å². The van der Waals surface area contributed by atoms with Gasteiger partial charge in [-0.2, -0.15) is 0 Å². The molecule has 1 aromatic rings. The SMILES string of the molecule is COCCNc1nc(N)c(C(=O)N2CCCC(O)C2)s1. The van der Waals surface area contributed by atoms with E-state index in [4.69, 9.17) is 10.5 Å². The van der Waals surface area contributed by atoms with Gasteiger partial charge in [-0.25, -0.2) is 4.98 Å². The molecule has 1 aromatic heterocycles. The molecule has 1 amide bonds. The van der Waals surface area contributed by atoms with Gasteiger partial charge >= 0.3 is 0 Å². The molecule has 20 heavy (non-hydrogen) atoms. The van der Waals surface area contributed by atoms with Gasteiger partial charge in [0.25, 0.3) is 5.91 Å². The second kappa shape index (κ2) is 6.87. The molecule has 1 saturated heterocycles. The van der Waals surface area contributed by atoms with E-state index in [9.17, 15) is 9.90 Å². The largest absolute Gasteiger partial charge is 0.391 e. The molecule has 7 nitrogen and oxygen atoms in total. The van der Waals surface area contributed by atoms with Crippen molar-refractivity contribution in [2.24, 2.45) is 0 Å². The Morgan fingerprint density at radius 3 is 3.20 bits per heavy atom. The molecule has 1 aliphatic heterocycles. The lowest BCUT2D eigenvalue weighted by atomic mass is 10.1. The number of β-amino-alcohol motifs (C(OH)–C–C–N with tert-alkyl or cyclic N) is 1. The molecule has 1 aliphatic rings. The van der Waals surface area contributed by atoms with E-state index in [2.05, 4.69) is 10.3 Å². The highest BCUT2D eigenvalue weighted by Gasteiger charge is 2.26. The molecule has 0 spiro atoms. The number of aliphatic hydroxyl groups is 1. The third kappa shape index (κ3) is 3.59. The van der Waals surface area contributed by atoms with Crippen molar-refractivity contribution in [3.05, 3.63) is 4.88 Å². The smallest absolute Gasteiger partial charge is 0.267 e. The molecule has 0 radical (unpaired) electrons. The van der Waals surface area contributed by atoms with Crippen LogP contribution in [0.1, 0.15) is 22.5 Å². The second-order valence-corrected chi connectivity index (χ2v) is 5.70. The zero-order chi connectivity index (χ0) is 14.5. The number of piperidine rings is 1. The number of carbonyl (C=O) groups excluding carboxylic acids is 1. The molecular formula is C12H20N4O3S. The van der Waals surface area contributed by atoms with Crippen LogP contribution in [0.5, 0.6) is 0 Å². The number of carbonyl (C=O) groups is 1. The van der Waals surface area contributed by atoms with Gasteiger partial charge in [-0.05, 0) is 12.8 Å². The van der Waals surface area contributed by atoms with Gasteiger partial charge < -0.3 is 25.8 Å². The maximum absolute atomic E-state index is 12.4. The molecule has 2 rings (SSSR count). The molecule has 8 heteroatoms. The van der Waals surface area contributed by atoms with E-state index in [0.29, 0.717) is 36.2 Å². The van der Waals surface area contributed by atoms with Crippen LogP contribution in [0.25, 0.3) is 0 Å². The van der Waals surface area contributed by atoms with Crippen LogP contribution in [0.3, 0.4) is 0 Å². The number of rotatable bonds is 5. The molecule has 0 saturated carbocycles. The lowest BCUT2D eigenvalue weighted by Gasteiger charge is -2.29. The first kappa shape index (κ1) is 15.0. The number of nitrogens with one attached hydrogen (secondary N) is 1. The van der Waals surface area contributed by atoms with E-state index in [1.54, 1.807) is 12.0 Å². The Hall–Kier alpha value is -1.38. The van der Waals surface area contributed by atoms with E-state index in [-0.39, 0.29) is 11.7 Å². The highest BCUT2D eigenvalue weighted by Crippen LogP contribution is 2.27. The average Bonchev–Trinajstić information content (AvgIpc) is 2.79. The Balaban J connectivity index is 2.02. The van der Waals surface area contributed by atoms with Crippen molar-refractivity contribution in [2.45, 2.75) is 18.9 Å². The molecule has 1 unspecified atom stereocenters. The van der Waals surface area contributed by atoms with E-state index in [1.165, 1.54) is 11.3 Å². The maximum atomic E-state index is 12.4. The first-order chi connectivity index (χ1) is 9.61. The third-order valence-electron chi connectivity index (χ3n) is 3.11. The van der Waals surface area contributed by atoms with Crippen molar-refractivity contribution in [3.63, 3.8) is 0 Å². The molecule has 4 N–H and O–H groups in total. The Kier molecular flexibility index (Phi) is 5.16. The first-order valence-corrected chi connectivity index (χ1v) is 7.40. The summed E-state index contributed by atoms with van der Waals surface area (Å²) in [5, 5.41) is 13.3. The van der Waals surface area contributed by atoms with E-state index < -0.39 is 6.10 Å². The summed E-state index contributed by atoms with van der Waals surface area (Å²) in [6.45, 7) is 2.18. The summed E-state index contributed by atoms with van der Waals surface area (Å²) < 4.78 is 4.94. The minimum Gasteiger partial charge on any atom is -0.391 e. The van der Waals surface area contributed by atoms with Crippen LogP contribution in [0.4, 0.5) is 10.9 Å². The maximum Gasteiger partial charge on any atom is 0.267 e. The minimum absolute atomic E-state index is 0.154. The number of nitrogen functional groups attached to an aromatic ring is 1. The molecule has 112 valence electrons. The van der Waals surface area contributed by atoms with Gasteiger partial charge in [0.1, 0.15) is 10.7 Å². The van der Waals surface area contributed by atoms with Crippen LogP contribution >= 0.6 is 11.3 Å². The molecular weight excluding hydrogens is 280 g/mol. The Morgan fingerprint density at radius 2 is 2.50 bits per heavy atom. The number of anilines is 2. The number of amides is 1. The zero-order valence-electron chi connectivity index (χ0n) is 11.5. The van der Waals surface area contributed by atoms with E-state index >= 15 is 0 Å². The van der Waals surface area contributed by atoms with Crippen LogP contribution in [0.2, 0.25) is 0 Å². The quantitative estimate of drug-likeness (QED) is 0.680. The fraction of sp³-hybridized carbons (Fsp3) is 0.667. The van der Waals surface area contributed by atoms with Crippen LogP contribution in [-0.2, 0) is 4.74 Å². The topological polar surface area (TPSA) is 101 Å². The summed E-state index contributed by atoms with van der Waals surface area (Å²) in [4.78, 5) is 18.6. The number of hydrogen-bond donors (Lipinski definition) is 3. The van der Waals surface area contributed by atoms with Crippen molar-refractivity contribution >= 4 is 28.2 Å². The third-order valence-corrected chi connectivity index (χ3v) is 4.13.